The zero-order chi connectivity index (χ0) is 53.6. The summed E-state index contributed by atoms with van der Waals surface area (Å²) in [5.74, 6) is 0.712. The highest BCUT2D eigenvalue weighted by Gasteiger charge is 2.44. The van der Waals surface area contributed by atoms with Gasteiger partial charge in [0.05, 0.1) is 65.4 Å². The number of ether oxygens (including phenoxy) is 1. The summed E-state index contributed by atoms with van der Waals surface area (Å²) in [7, 11) is -0.426. The van der Waals surface area contributed by atoms with Gasteiger partial charge >= 0.3 is 0 Å². The van der Waals surface area contributed by atoms with E-state index in [1.165, 1.54) is 22.4 Å². The van der Waals surface area contributed by atoms with Crippen LogP contribution in [0.5, 0.6) is 5.75 Å². The Labute approximate surface area is 449 Å². The first-order valence-corrected chi connectivity index (χ1v) is 28.4. The number of piperazine rings is 1. The number of aliphatic hydroxyl groups excluding tert-OH is 1. The standard InChI is InChI=1S/C53H69ClN12O7S2/c1-34-47(74-33-57-34)37-14-12-35(13-15-37)28-55-50(69)44-27-39(67)31-66(44)51(70)48(53(2,3)4)60-46(68)32-63-20-18-36(19-21-63)30-64-22-24-65(25-23-64)38-16-17-42(45(26-38)73-6)59-52-56-29-40(54)49(61-52)58-41-10-8-9-11-43(41)62(5)75(7,71)72/h8-17,26,29,33,36,39,44,48,67H,18-25,27-28,30-32H2,1-7H3,(H,55,69)(H,60,68)(H2,56,58,59,61)/t39-,44-,48-/m1/s1. The number of halogens is 1. The topological polar surface area (TPSA) is 218 Å². The van der Waals surface area contributed by atoms with E-state index in [9.17, 15) is 27.9 Å². The van der Waals surface area contributed by atoms with Gasteiger partial charge in [-0.05, 0) is 79.6 Å². The number of β-amino-alcohol motifs (C(OH)–C–C–N with tert-alkyl or cyclic N) is 1. The van der Waals surface area contributed by atoms with E-state index in [4.69, 9.17) is 16.3 Å². The Balaban J connectivity index is 0.781. The summed E-state index contributed by atoms with van der Waals surface area (Å²) in [6.07, 6.45) is 3.80. The quantitative estimate of drug-likeness (QED) is 0.0671. The second-order valence-corrected chi connectivity index (χ2v) is 24.0. The number of sulfonamides is 1. The number of amides is 3. The maximum atomic E-state index is 14.2. The molecule has 0 radical (unpaired) electrons. The number of piperidine rings is 1. The van der Waals surface area contributed by atoms with Crippen LogP contribution in [0, 0.1) is 18.3 Å². The Morgan fingerprint density at radius 2 is 1.67 bits per heavy atom. The van der Waals surface area contributed by atoms with Gasteiger partial charge < -0.3 is 40.9 Å². The van der Waals surface area contributed by atoms with Crippen molar-refractivity contribution in [1.29, 1.82) is 0 Å². The lowest BCUT2D eigenvalue weighted by Gasteiger charge is -2.40. The fourth-order valence-electron chi connectivity index (χ4n) is 9.85. The predicted octanol–water partition coefficient (Wildman–Crippen LogP) is 6.10. The van der Waals surface area contributed by atoms with E-state index in [1.807, 2.05) is 75.7 Å². The highest BCUT2D eigenvalue weighted by atomic mass is 35.5. The third-order valence-corrected chi connectivity index (χ3v) is 16.7. The van der Waals surface area contributed by atoms with E-state index in [0.29, 0.717) is 34.5 Å². The van der Waals surface area contributed by atoms with Crippen molar-refractivity contribution in [2.75, 3.05) is 99.2 Å². The minimum atomic E-state index is -3.52. The molecule has 402 valence electrons. The fourth-order valence-corrected chi connectivity index (χ4v) is 11.3. The van der Waals surface area contributed by atoms with E-state index in [2.05, 4.69) is 50.9 Å². The number of methoxy groups -OCH3 is 1. The number of hydrogen-bond acceptors (Lipinski definition) is 16. The van der Waals surface area contributed by atoms with Gasteiger partial charge in [0.1, 0.15) is 22.9 Å². The first-order chi connectivity index (χ1) is 35.7. The molecule has 3 aliphatic heterocycles. The van der Waals surface area contributed by atoms with E-state index in [0.717, 1.165) is 92.3 Å². The monoisotopic (exact) mass is 1080 g/mol. The first-order valence-electron chi connectivity index (χ1n) is 25.3. The van der Waals surface area contributed by atoms with Crippen LogP contribution >= 0.6 is 22.9 Å². The SMILES string of the molecule is COc1cc(N2CCN(CC3CCN(CC(=O)N[C@H](C(=O)N4C[C@H](O)C[C@@H]4C(=O)NCc4ccc(-c5scnc5C)cc4)C(C)(C)C)CC3)CC2)ccc1Nc1ncc(Cl)c(Nc2ccccc2N(C)S(C)(=O)=O)n1. The first kappa shape index (κ1) is 55.1. The summed E-state index contributed by atoms with van der Waals surface area (Å²) in [5, 5.41) is 23.3. The third-order valence-electron chi connectivity index (χ3n) is 14.2. The molecule has 0 unspecified atom stereocenters. The molecule has 0 saturated carbocycles. The van der Waals surface area contributed by atoms with Crippen molar-refractivity contribution < 1.29 is 32.6 Å². The molecule has 0 bridgehead atoms. The lowest BCUT2D eigenvalue weighted by Crippen LogP contribution is -2.59. The number of nitrogens with one attached hydrogen (secondary N) is 4. The van der Waals surface area contributed by atoms with E-state index in [-0.39, 0.29) is 54.7 Å². The number of likely N-dealkylation sites (tertiary alicyclic amines) is 2. The van der Waals surface area contributed by atoms with Gasteiger partial charge in [-0.2, -0.15) is 4.98 Å². The predicted molar refractivity (Wildman–Crippen MR) is 296 cm³/mol. The molecule has 22 heteroatoms. The normalized spacial score (nSPS) is 18.4. The van der Waals surface area contributed by atoms with Gasteiger partial charge in [0.15, 0.2) is 5.82 Å². The van der Waals surface area contributed by atoms with Crippen LogP contribution in [0.2, 0.25) is 5.02 Å². The summed E-state index contributed by atoms with van der Waals surface area (Å²) in [6.45, 7) is 14.2. The Hall–Kier alpha value is -6.10. The van der Waals surface area contributed by atoms with Crippen LogP contribution in [0.3, 0.4) is 0 Å². The van der Waals surface area contributed by atoms with Crippen LogP contribution in [-0.2, 0) is 31.0 Å². The average Bonchev–Trinajstić information content (AvgIpc) is 4.01. The molecule has 0 spiro atoms. The molecule has 3 aliphatic rings. The van der Waals surface area contributed by atoms with Crippen molar-refractivity contribution in [3.63, 3.8) is 0 Å². The minimum absolute atomic E-state index is 0.0168. The second kappa shape index (κ2) is 23.8. The number of nitrogens with zero attached hydrogens (tertiary/aromatic N) is 8. The summed E-state index contributed by atoms with van der Waals surface area (Å²) >= 11 is 8.07. The zero-order valence-electron chi connectivity index (χ0n) is 43.7. The number of carbonyl (C=O) groups excluding carboxylic acids is 3. The van der Waals surface area contributed by atoms with Crippen LogP contribution in [-0.4, -0.2) is 158 Å². The molecular weight excluding hydrogens is 1020 g/mol. The highest BCUT2D eigenvalue weighted by Crippen LogP contribution is 2.36. The molecule has 75 heavy (non-hydrogen) atoms. The number of anilines is 6. The number of carbonyl (C=O) groups is 3. The average molecular weight is 1090 g/mol. The molecule has 8 rings (SSSR count). The minimum Gasteiger partial charge on any atom is -0.494 e. The summed E-state index contributed by atoms with van der Waals surface area (Å²) in [6, 6.07) is 19.1. The molecule has 0 aliphatic carbocycles. The van der Waals surface area contributed by atoms with Crippen molar-refractivity contribution in [2.24, 2.45) is 11.3 Å². The van der Waals surface area contributed by atoms with Crippen molar-refractivity contribution in [3.05, 3.63) is 94.7 Å². The largest absolute Gasteiger partial charge is 0.494 e. The molecule has 3 fully saturated rings. The fraction of sp³-hybridized carbons (Fsp3) is 0.472. The molecule has 3 aromatic carbocycles. The van der Waals surface area contributed by atoms with Gasteiger partial charge in [-0.25, -0.2) is 18.4 Å². The number of para-hydroxylation sites is 2. The number of thiazole rings is 1. The number of aryl methyl sites for hydroxylation is 1. The van der Waals surface area contributed by atoms with E-state index >= 15 is 0 Å². The smallest absolute Gasteiger partial charge is 0.246 e. The molecular formula is C53H69ClN12O7S2. The van der Waals surface area contributed by atoms with E-state index < -0.39 is 33.6 Å². The lowest BCUT2D eigenvalue weighted by atomic mass is 9.85. The van der Waals surface area contributed by atoms with Crippen molar-refractivity contribution >= 4 is 85.2 Å². The van der Waals surface area contributed by atoms with Crippen LogP contribution in [0.25, 0.3) is 10.4 Å². The molecule has 3 amide bonds. The molecule has 2 aromatic heterocycles. The summed E-state index contributed by atoms with van der Waals surface area (Å²) in [5.41, 5.74) is 6.73. The van der Waals surface area contributed by atoms with Gasteiger partial charge in [-0.1, -0.05) is 68.8 Å². The van der Waals surface area contributed by atoms with Gasteiger partial charge in [-0.15, -0.1) is 11.3 Å². The number of aromatic nitrogens is 3. The molecule has 19 nitrogen and oxygen atoms in total. The molecule has 5 N–H and O–H groups in total. The third kappa shape index (κ3) is 13.9. The number of benzene rings is 3. The van der Waals surface area contributed by atoms with Crippen LogP contribution in [0.4, 0.5) is 34.5 Å². The Kier molecular flexibility index (Phi) is 17.5. The van der Waals surface area contributed by atoms with Crippen molar-refractivity contribution in [1.82, 2.24) is 40.3 Å². The van der Waals surface area contributed by atoms with Gasteiger partial charge in [0.2, 0.25) is 33.7 Å². The second-order valence-electron chi connectivity index (χ2n) is 20.7. The van der Waals surface area contributed by atoms with Crippen LogP contribution in [0.15, 0.2) is 78.4 Å². The Bertz CT molecular complexity index is 2920. The maximum Gasteiger partial charge on any atom is 0.246 e. The van der Waals surface area contributed by atoms with Crippen LogP contribution < -0.4 is 35.2 Å². The van der Waals surface area contributed by atoms with Gasteiger partial charge in [-0.3, -0.25) is 28.5 Å². The number of aliphatic hydroxyl groups is 1. The Morgan fingerprint density at radius 1 is 0.947 bits per heavy atom. The zero-order valence-corrected chi connectivity index (χ0v) is 46.1. The summed E-state index contributed by atoms with van der Waals surface area (Å²) in [4.78, 5) is 64.3. The molecule has 5 aromatic rings. The van der Waals surface area contributed by atoms with Crippen LogP contribution in [0.1, 0.15) is 51.3 Å². The van der Waals surface area contributed by atoms with Gasteiger partial charge in [0.25, 0.3) is 0 Å². The van der Waals surface area contributed by atoms with Crippen molar-refractivity contribution in [3.8, 4) is 16.2 Å². The van der Waals surface area contributed by atoms with Gasteiger partial charge in [0, 0.05) is 71.0 Å². The molecule has 3 saturated heterocycles. The Morgan fingerprint density at radius 3 is 2.33 bits per heavy atom. The number of rotatable bonds is 18. The lowest BCUT2D eigenvalue weighted by molar-refractivity contribution is -0.144. The highest BCUT2D eigenvalue weighted by molar-refractivity contribution is 7.92. The maximum absolute atomic E-state index is 14.2. The van der Waals surface area contributed by atoms with E-state index in [1.54, 1.807) is 42.7 Å². The molecule has 3 atom stereocenters. The molecule has 5 heterocycles. The summed E-state index contributed by atoms with van der Waals surface area (Å²) < 4.78 is 31.6. The number of hydrogen-bond donors (Lipinski definition) is 5. The van der Waals surface area contributed by atoms with Crippen molar-refractivity contribution in [2.45, 2.75) is 71.7 Å².